The number of ether oxygens (including phenoxy) is 3. The van der Waals surface area contributed by atoms with Crippen LogP contribution in [0.25, 0.3) is 0 Å². The first-order chi connectivity index (χ1) is 16.7. The third-order valence-electron chi connectivity index (χ3n) is 6.77. The highest BCUT2D eigenvalue weighted by molar-refractivity contribution is 8.00. The van der Waals surface area contributed by atoms with Gasteiger partial charge in [0.05, 0.1) is 24.9 Å². The number of aromatic hydroxyl groups is 1. The van der Waals surface area contributed by atoms with E-state index in [2.05, 4.69) is 50.2 Å². The summed E-state index contributed by atoms with van der Waals surface area (Å²) in [4.78, 5) is 1.40. The van der Waals surface area contributed by atoms with Gasteiger partial charge in [-0.25, -0.2) is 0 Å². The quantitative estimate of drug-likeness (QED) is 0.333. The summed E-state index contributed by atoms with van der Waals surface area (Å²) in [6.07, 6.45) is 8.05. The molecule has 4 nitrogen and oxygen atoms in total. The van der Waals surface area contributed by atoms with Crippen molar-refractivity contribution in [2.45, 2.75) is 93.7 Å². The Morgan fingerprint density at radius 2 is 1.85 bits per heavy atom. The Morgan fingerprint density at radius 3 is 2.68 bits per heavy atom. The van der Waals surface area contributed by atoms with E-state index in [-0.39, 0.29) is 18.3 Å². The number of hydrogen-bond acceptors (Lipinski definition) is 5. The molecule has 2 aromatic carbocycles. The zero-order valence-electron chi connectivity index (χ0n) is 20.7. The number of fused-ring (bicyclic) bond motifs is 1. The Bertz CT molecular complexity index is 876. The topological polar surface area (TPSA) is 47.9 Å². The van der Waals surface area contributed by atoms with Crippen molar-refractivity contribution in [3.8, 4) is 5.75 Å². The van der Waals surface area contributed by atoms with Crippen LogP contribution in [0.2, 0.25) is 0 Å². The van der Waals surface area contributed by atoms with Crippen LogP contribution in [-0.2, 0) is 27.1 Å². The lowest BCUT2D eigenvalue weighted by Crippen LogP contribution is -2.36. The minimum absolute atomic E-state index is 0.00910. The number of phenols is 1. The van der Waals surface area contributed by atoms with Gasteiger partial charge in [-0.3, -0.25) is 0 Å². The lowest BCUT2D eigenvalue weighted by molar-refractivity contribution is -0.138. The molecule has 0 aromatic heterocycles. The third kappa shape index (κ3) is 7.00. The second-order valence-electron chi connectivity index (χ2n) is 9.64. The zero-order valence-corrected chi connectivity index (χ0v) is 21.5. The van der Waals surface area contributed by atoms with Gasteiger partial charge in [0.15, 0.2) is 0 Å². The number of thioether (sulfide) groups is 1. The van der Waals surface area contributed by atoms with E-state index in [1.807, 2.05) is 17.8 Å². The summed E-state index contributed by atoms with van der Waals surface area (Å²) in [6.45, 7) is 6.49. The highest BCUT2D eigenvalue weighted by Gasteiger charge is 2.33. The van der Waals surface area contributed by atoms with Crippen LogP contribution in [0.3, 0.4) is 0 Å². The number of phenolic OH excluding ortho intramolecular Hbond substituents is 1. The van der Waals surface area contributed by atoms with Crippen molar-refractivity contribution >= 4 is 11.8 Å². The maximum absolute atomic E-state index is 10.8. The first-order valence-electron chi connectivity index (χ1n) is 13.1. The van der Waals surface area contributed by atoms with E-state index < -0.39 is 0 Å². The Labute approximate surface area is 209 Å². The van der Waals surface area contributed by atoms with Gasteiger partial charge >= 0.3 is 0 Å². The summed E-state index contributed by atoms with van der Waals surface area (Å²) in [7, 11) is 0. The molecule has 1 fully saturated rings. The average molecular weight is 485 g/mol. The van der Waals surface area contributed by atoms with Crippen LogP contribution in [-0.4, -0.2) is 42.4 Å². The molecule has 0 amide bonds. The molecule has 2 aromatic rings. The van der Waals surface area contributed by atoms with Gasteiger partial charge in [0.1, 0.15) is 5.75 Å². The van der Waals surface area contributed by atoms with Gasteiger partial charge in [0, 0.05) is 41.8 Å². The molecule has 2 unspecified atom stereocenters. The van der Waals surface area contributed by atoms with E-state index in [1.54, 1.807) is 0 Å². The fourth-order valence-corrected chi connectivity index (χ4v) is 6.25. The summed E-state index contributed by atoms with van der Waals surface area (Å²) in [6, 6.07) is 14.8. The fourth-order valence-electron chi connectivity index (χ4n) is 4.89. The van der Waals surface area contributed by atoms with Gasteiger partial charge in [-0.05, 0) is 55.0 Å². The second-order valence-corrected chi connectivity index (χ2v) is 11.0. The van der Waals surface area contributed by atoms with Crippen LogP contribution in [0.5, 0.6) is 5.75 Å². The van der Waals surface area contributed by atoms with Crippen LogP contribution in [0.15, 0.2) is 47.4 Å². The molecular formula is C29H40O4S. The molecule has 5 heteroatoms. The monoisotopic (exact) mass is 484 g/mol. The molecule has 2 aliphatic rings. The van der Waals surface area contributed by atoms with Crippen molar-refractivity contribution in [1.82, 2.24) is 0 Å². The molecule has 0 spiro atoms. The Morgan fingerprint density at radius 1 is 1.03 bits per heavy atom. The molecule has 0 radical (unpaired) electrons. The highest BCUT2D eigenvalue weighted by atomic mass is 32.2. The lowest BCUT2D eigenvalue weighted by atomic mass is 9.93. The standard InChI is InChI=1S/C29H40O4S/c1-3-5-13-31-20-24-18-23(32-14-6-4-2)19-28(33-24)26-16-21(11-12-27(26)30)15-25-17-22-9-7-8-10-29(22)34-25/h7-12,16,23-25,28,30H,3-6,13-15,17-20H2,1-2H3/t23-,24?,25?,28+/m0/s1. The van der Waals surface area contributed by atoms with Crippen molar-refractivity contribution in [3.63, 3.8) is 0 Å². The van der Waals surface area contributed by atoms with E-state index in [1.165, 1.54) is 16.0 Å². The molecule has 4 rings (SSSR count). The second kappa shape index (κ2) is 13.0. The molecule has 34 heavy (non-hydrogen) atoms. The van der Waals surface area contributed by atoms with Crippen LogP contribution in [0.1, 0.15) is 75.2 Å². The van der Waals surface area contributed by atoms with Crippen LogP contribution in [0, 0.1) is 0 Å². The Hall–Kier alpha value is -1.53. The molecule has 1 N–H and O–H groups in total. The number of hydrogen-bond donors (Lipinski definition) is 1. The van der Waals surface area contributed by atoms with Crippen molar-refractivity contribution in [2.24, 2.45) is 0 Å². The molecule has 4 atom stereocenters. The van der Waals surface area contributed by atoms with Crippen LogP contribution < -0.4 is 0 Å². The molecular weight excluding hydrogens is 444 g/mol. The van der Waals surface area contributed by atoms with Gasteiger partial charge < -0.3 is 19.3 Å². The van der Waals surface area contributed by atoms with E-state index in [4.69, 9.17) is 14.2 Å². The number of benzene rings is 2. The molecule has 0 saturated carbocycles. The van der Waals surface area contributed by atoms with Crippen molar-refractivity contribution in [2.75, 3.05) is 19.8 Å². The average Bonchev–Trinajstić information content (AvgIpc) is 3.25. The molecule has 186 valence electrons. The maximum atomic E-state index is 10.8. The van der Waals surface area contributed by atoms with Crippen molar-refractivity contribution in [1.29, 1.82) is 0 Å². The van der Waals surface area contributed by atoms with E-state index >= 15 is 0 Å². The molecule has 0 aliphatic carbocycles. The predicted octanol–water partition coefficient (Wildman–Crippen LogP) is 6.87. The minimum Gasteiger partial charge on any atom is -0.508 e. The normalized spacial score (nSPS) is 24.3. The van der Waals surface area contributed by atoms with Gasteiger partial charge in [0.2, 0.25) is 0 Å². The fraction of sp³-hybridized carbons (Fsp3) is 0.586. The molecule has 2 heterocycles. The summed E-state index contributed by atoms with van der Waals surface area (Å²) < 4.78 is 18.6. The third-order valence-corrected chi connectivity index (χ3v) is 8.09. The van der Waals surface area contributed by atoms with Crippen molar-refractivity contribution < 1.29 is 19.3 Å². The summed E-state index contributed by atoms with van der Waals surface area (Å²) >= 11 is 1.97. The SMILES string of the molecule is CCCCOCC1C[C@H](OCCCC)C[C@H](c2cc(CC3Cc4ccccc4S3)ccc2O)O1. The Kier molecular flexibility index (Phi) is 9.75. The summed E-state index contributed by atoms with van der Waals surface area (Å²) in [5, 5.41) is 11.3. The highest BCUT2D eigenvalue weighted by Crippen LogP contribution is 2.41. The molecule has 0 bridgehead atoms. The zero-order chi connectivity index (χ0) is 23.8. The summed E-state index contributed by atoms with van der Waals surface area (Å²) in [5.41, 5.74) is 3.59. The van der Waals surface area contributed by atoms with E-state index in [0.717, 1.165) is 70.1 Å². The number of rotatable bonds is 12. The number of unbranched alkanes of at least 4 members (excludes halogenated alkanes) is 2. The largest absolute Gasteiger partial charge is 0.508 e. The smallest absolute Gasteiger partial charge is 0.121 e. The first-order valence-corrected chi connectivity index (χ1v) is 13.9. The minimum atomic E-state index is -0.173. The van der Waals surface area contributed by atoms with Crippen LogP contribution >= 0.6 is 11.8 Å². The van der Waals surface area contributed by atoms with Gasteiger partial charge in [-0.1, -0.05) is 51.0 Å². The predicted molar refractivity (Wildman–Crippen MR) is 139 cm³/mol. The molecule has 2 aliphatic heterocycles. The lowest BCUT2D eigenvalue weighted by Gasteiger charge is -2.36. The van der Waals surface area contributed by atoms with Gasteiger partial charge in [0.25, 0.3) is 0 Å². The maximum Gasteiger partial charge on any atom is 0.121 e. The van der Waals surface area contributed by atoms with Crippen LogP contribution in [0.4, 0.5) is 0 Å². The molecule has 1 saturated heterocycles. The summed E-state index contributed by atoms with van der Waals surface area (Å²) in [5.74, 6) is 0.316. The van der Waals surface area contributed by atoms with Gasteiger partial charge in [-0.15, -0.1) is 11.8 Å². The van der Waals surface area contributed by atoms with Gasteiger partial charge in [-0.2, -0.15) is 0 Å². The van der Waals surface area contributed by atoms with E-state index in [0.29, 0.717) is 17.6 Å². The van der Waals surface area contributed by atoms with Crippen molar-refractivity contribution in [3.05, 3.63) is 59.2 Å². The Balaban J connectivity index is 1.43. The first kappa shape index (κ1) is 25.6. The van der Waals surface area contributed by atoms with E-state index in [9.17, 15) is 5.11 Å².